The molecule has 31 heavy (non-hydrogen) atoms. The monoisotopic (exact) mass is 437 g/mol. The Labute approximate surface area is 199 Å². The molecule has 0 aromatic carbocycles. The molecule has 0 radical (unpaired) electrons. The molecule has 3 atom stereocenters. The molecule has 0 amide bonds. The molecule has 0 aliphatic rings. The van der Waals surface area contributed by atoms with Crippen molar-refractivity contribution >= 4 is 0 Å². The second-order valence-corrected chi connectivity index (χ2v) is 10.8. The highest BCUT2D eigenvalue weighted by atomic mass is 15.2. The zero-order valence-corrected chi connectivity index (χ0v) is 23.4. The van der Waals surface area contributed by atoms with Crippen molar-refractivity contribution < 1.29 is 0 Å². The Morgan fingerprint density at radius 3 is 1.26 bits per heavy atom. The van der Waals surface area contributed by atoms with Gasteiger partial charge in [-0.3, -0.25) is 4.90 Å². The van der Waals surface area contributed by atoms with E-state index in [1.807, 2.05) is 0 Å². The lowest BCUT2D eigenvalue weighted by atomic mass is 9.65. The van der Waals surface area contributed by atoms with Crippen LogP contribution in [0, 0.1) is 17.8 Å². The summed E-state index contributed by atoms with van der Waals surface area (Å²) < 4.78 is 0. The number of hydrogen-bond donors (Lipinski definition) is 0. The van der Waals surface area contributed by atoms with Gasteiger partial charge in [0.2, 0.25) is 0 Å². The fraction of sp³-hybridized carbons (Fsp3) is 1.00. The van der Waals surface area contributed by atoms with E-state index in [0.717, 1.165) is 17.8 Å². The SMILES string of the molecule is CCCCCCC(C)CC(C(C)CCCCCC)(C(C)CCCCCC)N(CC)CC. The zero-order valence-electron chi connectivity index (χ0n) is 23.4. The van der Waals surface area contributed by atoms with Gasteiger partial charge in [-0.15, -0.1) is 0 Å². The predicted octanol–water partition coefficient (Wildman–Crippen LogP) is 10.3. The maximum atomic E-state index is 2.91. The van der Waals surface area contributed by atoms with Gasteiger partial charge in [-0.1, -0.05) is 139 Å². The summed E-state index contributed by atoms with van der Waals surface area (Å²) in [6.45, 7) is 22.1. The Morgan fingerprint density at radius 1 is 0.516 bits per heavy atom. The third kappa shape index (κ3) is 11.6. The minimum atomic E-state index is 0.381. The van der Waals surface area contributed by atoms with Crippen molar-refractivity contribution in [3.63, 3.8) is 0 Å². The molecule has 0 saturated carbocycles. The molecule has 0 N–H and O–H groups in total. The molecule has 0 heterocycles. The molecule has 1 heteroatoms. The molecule has 0 rings (SSSR count). The van der Waals surface area contributed by atoms with Crippen molar-refractivity contribution in [1.29, 1.82) is 0 Å². The summed E-state index contributed by atoms with van der Waals surface area (Å²) >= 11 is 0. The molecular formula is C30H63N. The number of hydrogen-bond acceptors (Lipinski definition) is 1. The smallest absolute Gasteiger partial charge is 0.0262 e. The van der Waals surface area contributed by atoms with Crippen LogP contribution in [0.2, 0.25) is 0 Å². The fourth-order valence-electron chi connectivity index (χ4n) is 6.29. The second-order valence-electron chi connectivity index (χ2n) is 10.8. The van der Waals surface area contributed by atoms with Gasteiger partial charge in [0, 0.05) is 5.54 Å². The van der Waals surface area contributed by atoms with Crippen LogP contribution >= 0.6 is 0 Å². The van der Waals surface area contributed by atoms with Crippen LogP contribution in [0.4, 0.5) is 0 Å². The lowest BCUT2D eigenvalue weighted by Crippen LogP contribution is -2.58. The van der Waals surface area contributed by atoms with Gasteiger partial charge in [-0.25, -0.2) is 0 Å². The van der Waals surface area contributed by atoms with E-state index in [9.17, 15) is 0 Å². The first-order valence-electron chi connectivity index (χ1n) is 14.7. The van der Waals surface area contributed by atoms with Crippen LogP contribution in [0.5, 0.6) is 0 Å². The maximum absolute atomic E-state index is 2.91. The van der Waals surface area contributed by atoms with Gasteiger partial charge >= 0.3 is 0 Å². The molecule has 1 nitrogen and oxygen atoms in total. The topological polar surface area (TPSA) is 3.24 Å². The van der Waals surface area contributed by atoms with Crippen LogP contribution in [-0.2, 0) is 0 Å². The van der Waals surface area contributed by atoms with E-state index in [4.69, 9.17) is 0 Å². The summed E-state index contributed by atoms with van der Waals surface area (Å²) in [4.78, 5) is 2.91. The lowest BCUT2D eigenvalue weighted by Gasteiger charge is -2.53. The van der Waals surface area contributed by atoms with Gasteiger partial charge in [0.25, 0.3) is 0 Å². The first kappa shape index (κ1) is 31.0. The third-order valence-electron chi connectivity index (χ3n) is 8.27. The van der Waals surface area contributed by atoms with Crippen molar-refractivity contribution in [1.82, 2.24) is 4.90 Å². The lowest BCUT2D eigenvalue weighted by molar-refractivity contribution is -0.0289. The van der Waals surface area contributed by atoms with E-state index >= 15 is 0 Å². The summed E-state index contributed by atoms with van der Waals surface area (Å²) in [5.74, 6) is 2.43. The summed E-state index contributed by atoms with van der Waals surface area (Å²) in [6, 6.07) is 0. The Balaban J connectivity index is 5.54. The van der Waals surface area contributed by atoms with Crippen LogP contribution < -0.4 is 0 Å². The standard InChI is InChI=1S/C30H63N/c1-9-14-17-20-23-27(6)26-30(31(12-4)13-5,28(7)24-21-18-15-10-2)29(8)25-22-19-16-11-3/h27-29H,9-26H2,1-8H3. The summed E-state index contributed by atoms with van der Waals surface area (Å²) in [6.07, 6.45) is 22.5. The predicted molar refractivity (Wildman–Crippen MR) is 144 cm³/mol. The molecule has 0 aliphatic heterocycles. The molecule has 0 bridgehead atoms. The van der Waals surface area contributed by atoms with Gasteiger partial charge < -0.3 is 0 Å². The first-order valence-corrected chi connectivity index (χ1v) is 14.7. The summed E-state index contributed by atoms with van der Waals surface area (Å²) in [7, 11) is 0. The van der Waals surface area contributed by atoms with E-state index in [1.165, 1.54) is 116 Å². The van der Waals surface area contributed by atoms with Gasteiger partial charge in [-0.05, 0) is 50.1 Å². The maximum Gasteiger partial charge on any atom is 0.0262 e. The van der Waals surface area contributed by atoms with Gasteiger partial charge in [0.15, 0.2) is 0 Å². The highest BCUT2D eigenvalue weighted by Crippen LogP contribution is 2.44. The van der Waals surface area contributed by atoms with E-state index in [2.05, 4.69) is 60.3 Å². The van der Waals surface area contributed by atoms with Crippen LogP contribution in [0.15, 0.2) is 0 Å². The highest BCUT2D eigenvalue weighted by Gasteiger charge is 2.44. The molecule has 3 unspecified atom stereocenters. The molecule has 0 fully saturated rings. The van der Waals surface area contributed by atoms with E-state index < -0.39 is 0 Å². The molecule has 0 spiro atoms. The van der Waals surface area contributed by atoms with Crippen molar-refractivity contribution in [3.8, 4) is 0 Å². The zero-order chi connectivity index (χ0) is 23.5. The Morgan fingerprint density at radius 2 is 0.903 bits per heavy atom. The van der Waals surface area contributed by atoms with E-state index in [-0.39, 0.29) is 0 Å². The van der Waals surface area contributed by atoms with Gasteiger partial charge in [0.1, 0.15) is 0 Å². The Kier molecular flexibility index (Phi) is 19.4. The van der Waals surface area contributed by atoms with Crippen LogP contribution in [0.25, 0.3) is 0 Å². The largest absolute Gasteiger partial charge is 0.298 e. The molecule has 0 saturated heterocycles. The van der Waals surface area contributed by atoms with Crippen LogP contribution in [0.1, 0.15) is 158 Å². The Bertz CT molecular complexity index is 355. The average molecular weight is 438 g/mol. The highest BCUT2D eigenvalue weighted by molar-refractivity contribution is 4.99. The minimum absolute atomic E-state index is 0.381. The van der Waals surface area contributed by atoms with Crippen molar-refractivity contribution in [2.75, 3.05) is 13.1 Å². The minimum Gasteiger partial charge on any atom is -0.298 e. The van der Waals surface area contributed by atoms with Crippen molar-refractivity contribution in [2.45, 2.75) is 164 Å². The van der Waals surface area contributed by atoms with Gasteiger partial charge in [-0.2, -0.15) is 0 Å². The average Bonchev–Trinajstić information content (AvgIpc) is 2.76. The number of nitrogens with zero attached hydrogens (tertiary/aromatic N) is 1. The molecule has 0 aromatic heterocycles. The van der Waals surface area contributed by atoms with E-state index in [0.29, 0.717) is 5.54 Å². The first-order chi connectivity index (χ1) is 14.9. The third-order valence-corrected chi connectivity index (χ3v) is 8.27. The Hall–Kier alpha value is -0.0400. The molecule has 188 valence electrons. The van der Waals surface area contributed by atoms with Crippen LogP contribution in [0.3, 0.4) is 0 Å². The van der Waals surface area contributed by atoms with Crippen molar-refractivity contribution in [2.24, 2.45) is 17.8 Å². The fourth-order valence-corrected chi connectivity index (χ4v) is 6.29. The van der Waals surface area contributed by atoms with Crippen molar-refractivity contribution in [3.05, 3.63) is 0 Å². The van der Waals surface area contributed by atoms with E-state index in [1.54, 1.807) is 0 Å². The summed E-state index contributed by atoms with van der Waals surface area (Å²) in [5, 5.41) is 0. The number of unbranched alkanes of at least 4 members (excludes halogenated alkanes) is 9. The second kappa shape index (κ2) is 19.4. The summed E-state index contributed by atoms with van der Waals surface area (Å²) in [5.41, 5.74) is 0.381. The quantitative estimate of drug-likeness (QED) is 0.152. The van der Waals surface area contributed by atoms with Crippen LogP contribution in [-0.4, -0.2) is 23.5 Å². The number of rotatable bonds is 22. The normalized spacial score (nSPS) is 16.9. The molecular weight excluding hydrogens is 374 g/mol. The van der Waals surface area contributed by atoms with Gasteiger partial charge in [0.05, 0.1) is 0 Å². The molecule has 0 aliphatic carbocycles. The molecule has 0 aromatic rings.